The van der Waals surface area contributed by atoms with Crippen molar-refractivity contribution in [2.45, 2.75) is 31.7 Å². The third-order valence-corrected chi connectivity index (χ3v) is 5.80. The molecule has 1 aromatic heterocycles. The van der Waals surface area contributed by atoms with Crippen LogP contribution in [0.3, 0.4) is 0 Å². The van der Waals surface area contributed by atoms with E-state index in [4.69, 9.17) is 26.2 Å². The Morgan fingerprint density at radius 1 is 1.21 bits per heavy atom. The molecule has 0 amide bonds. The monoisotopic (exact) mass is 442 g/mol. The Kier molecular flexibility index (Phi) is 7.59. The van der Waals surface area contributed by atoms with Crippen LogP contribution in [0.15, 0.2) is 29.2 Å². The van der Waals surface area contributed by atoms with Gasteiger partial charge in [0.2, 0.25) is 15.8 Å². The minimum atomic E-state index is -4.10. The van der Waals surface area contributed by atoms with Crippen molar-refractivity contribution < 1.29 is 27.5 Å². The second-order valence-corrected chi connectivity index (χ2v) is 8.41. The summed E-state index contributed by atoms with van der Waals surface area (Å²) in [5.41, 5.74) is 2.09. The van der Waals surface area contributed by atoms with Gasteiger partial charge in [0.25, 0.3) is 0 Å². The molecule has 8 nitrogen and oxygen atoms in total. The van der Waals surface area contributed by atoms with Gasteiger partial charge in [0.1, 0.15) is 4.90 Å². The lowest BCUT2D eigenvalue weighted by molar-refractivity contribution is 0.0474. The molecule has 158 valence electrons. The van der Waals surface area contributed by atoms with Crippen LogP contribution >= 0.6 is 11.6 Å². The maximum atomic E-state index is 12.5. The lowest BCUT2D eigenvalue weighted by atomic mass is 10.1. The van der Waals surface area contributed by atoms with Crippen LogP contribution in [0.2, 0.25) is 5.02 Å². The molecule has 0 aliphatic heterocycles. The molecule has 0 aliphatic carbocycles. The minimum absolute atomic E-state index is 0.0729. The van der Waals surface area contributed by atoms with Crippen LogP contribution in [-0.2, 0) is 26.0 Å². The number of Topliss-reactive ketones (excluding diaryl/α,β-unsaturated/α-hetero) is 1. The van der Waals surface area contributed by atoms with E-state index in [1.54, 1.807) is 13.2 Å². The number of nitrogens with two attached hydrogens (primary N) is 1. The smallest absolute Gasteiger partial charge is 0.338 e. The number of hydrogen-bond donors (Lipinski definition) is 1. The Bertz CT molecular complexity index is 1030. The van der Waals surface area contributed by atoms with Crippen LogP contribution in [0.25, 0.3) is 0 Å². The number of rotatable bonds is 9. The molecule has 2 aromatic rings. The van der Waals surface area contributed by atoms with E-state index < -0.39 is 22.6 Å². The summed E-state index contributed by atoms with van der Waals surface area (Å²) in [6.45, 7) is 4.56. The zero-order valence-corrected chi connectivity index (χ0v) is 18.0. The average molecular weight is 443 g/mol. The summed E-state index contributed by atoms with van der Waals surface area (Å²) < 4.78 is 35.2. The second-order valence-electron chi connectivity index (χ2n) is 6.47. The molecular weight excluding hydrogens is 420 g/mol. The Hall–Kier alpha value is -2.20. The number of hydrogen-bond acceptors (Lipinski definition) is 6. The van der Waals surface area contributed by atoms with Gasteiger partial charge in [-0.1, -0.05) is 11.6 Å². The minimum Gasteiger partial charge on any atom is -0.454 e. The maximum Gasteiger partial charge on any atom is 0.338 e. The molecule has 10 heteroatoms. The summed E-state index contributed by atoms with van der Waals surface area (Å²) in [5.74, 6) is -1.21. The lowest BCUT2D eigenvalue weighted by Gasteiger charge is -2.09. The topological polar surface area (TPSA) is 118 Å². The van der Waals surface area contributed by atoms with Crippen molar-refractivity contribution in [3.63, 3.8) is 0 Å². The van der Waals surface area contributed by atoms with E-state index in [2.05, 4.69) is 0 Å². The number of benzene rings is 1. The van der Waals surface area contributed by atoms with E-state index in [1.807, 2.05) is 18.4 Å². The first-order valence-electron chi connectivity index (χ1n) is 8.74. The second kappa shape index (κ2) is 9.53. The normalized spacial score (nSPS) is 11.5. The molecule has 0 saturated heterocycles. The van der Waals surface area contributed by atoms with Gasteiger partial charge >= 0.3 is 5.97 Å². The highest BCUT2D eigenvalue weighted by molar-refractivity contribution is 7.89. The van der Waals surface area contributed by atoms with Gasteiger partial charge in [0.05, 0.1) is 10.6 Å². The Morgan fingerprint density at radius 3 is 2.52 bits per heavy atom. The van der Waals surface area contributed by atoms with E-state index in [0.717, 1.165) is 23.9 Å². The number of ketones is 1. The Morgan fingerprint density at radius 2 is 1.90 bits per heavy atom. The molecule has 0 radical (unpaired) electrons. The largest absolute Gasteiger partial charge is 0.454 e. The van der Waals surface area contributed by atoms with E-state index in [0.29, 0.717) is 18.7 Å². The number of aryl methyl sites for hydroxylation is 1. The van der Waals surface area contributed by atoms with Crippen molar-refractivity contribution in [2.75, 3.05) is 20.3 Å². The molecular formula is C19H23ClN2O6S. The molecule has 0 saturated carbocycles. The number of nitrogens with zero attached hydrogens (tertiary/aromatic N) is 1. The van der Waals surface area contributed by atoms with Gasteiger partial charge in [-0.2, -0.15) is 0 Å². The van der Waals surface area contributed by atoms with Crippen molar-refractivity contribution in [3.05, 3.63) is 51.8 Å². The standard InChI is InChI=1S/C19H23ClN2O6S/c1-12-9-15(13(2)22(12)7-4-8-27-3)17(23)11-28-19(24)14-5-6-16(20)18(10-14)29(21,25)26/h5-6,9-10H,4,7-8,11H2,1-3H3,(H2,21,25,26). The third-order valence-electron chi connectivity index (χ3n) is 4.41. The number of sulfonamides is 1. The molecule has 0 aliphatic rings. The van der Waals surface area contributed by atoms with Crippen molar-refractivity contribution in [3.8, 4) is 0 Å². The molecule has 2 N–H and O–H groups in total. The van der Waals surface area contributed by atoms with E-state index >= 15 is 0 Å². The predicted octanol–water partition coefficient (Wildman–Crippen LogP) is 2.48. The van der Waals surface area contributed by atoms with Crippen molar-refractivity contribution in [1.29, 1.82) is 0 Å². The Balaban J connectivity index is 2.10. The maximum absolute atomic E-state index is 12.5. The highest BCUT2D eigenvalue weighted by Gasteiger charge is 2.20. The molecule has 0 bridgehead atoms. The van der Waals surface area contributed by atoms with E-state index in [-0.39, 0.29) is 21.3 Å². The fourth-order valence-electron chi connectivity index (χ4n) is 2.94. The number of esters is 1. The highest BCUT2D eigenvalue weighted by atomic mass is 35.5. The van der Waals surface area contributed by atoms with Gasteiger partial charge in [0.15, 0.2) is 6.61 Å². The third kappa shape index (κ3) is 5.66. The zero-order chi connectivity index (χ0) is 21.8. The highest BCUT2D eigenvalue weighted by Crippen LogP contribution is 2.22. The van der Waals surface area contributed by atoms with Crippen LogP contribution in [0.4, 0.5) is 0 Å². The summed E-state index contributed by atoms with van der Waals surface area (Å²) in [6.07, 6.45) is 0.804. The first-order valence-corrected chi connectivity index (χ1v) is 10.7. The number of methoxy groups -OCH3 is 1. The van der Waals surface area contributed by atoms with Gasteiger partial charge in [-0.25, -0.2) is 18.4 Å². The van der Waals surface area contributed by atoms with Crippen LogP contribution in [-0.4, -0.2) is 45.1 Å². The molecule has 29 heavy (non-hydrogen) atoms. The lowest BCUT2D eigenvalue weighted by Crippen LogP contribution is -2.17. The number of carbonyl (C=O) groups excluding carboxylic acids is 2. The Labute approximate surface area is 174 Å². The molecule has 0 unspecified atom stereocenters. The van der Waals surface area contributed by atoms with Crippen molar-refractivity contribution in [1.82, 2.24) is 4.57 Å². The number of ether oxygens (including phenoxy) is 2. The summed E-state index contributed by atoms with van der Waals surface area (Å²) >= 11 is 5.80. The van der Waals surface area contributed by atoms with Gasteiger partial charge in [-0.3, -0.25) is 4.79 Å². The van der Waals surface area contributed by atoms with Crippen molar-refractivity contribution >= 4 is 33.4 Å². The fraction of sp³-hybridized carbons (Fsp3) is 0.368. The first-order chi connectivity index (χ1) is 13.6. The molecule has 0 atom stereocenters. The molecule has 0 spiro atoms. The summed E-state index contributed by atoms with van der Waals surface area (Å²) in [6, 6.07) is 5.30. The molecule has 2 rings (SSSR count). The van der Waals surface area contributed by atoms with Crippen LogP contribution in [0.1, 0.15) is 38.5 Å². The number of carbonyl (C=O) groups is 2. The van der Waals surface area contributed by atoms with E-state index in [9.17, 15) is 18.0 Å². The van der Waals surface area contributed by atoms with Gasteiger partial charge in [-0.15, -0.1) is 0 Å². The van der Waals surface area contributed by atoms with Gasteiger partial charge in [-0.05, 0) is 44.5 Å². The number of aromatic nitrogens is 1. The van der Waals surface area contributed by atoms with Crippen molar-refractivity contribution in [2.24, 2.45) is 5.14 Å². The zero-order valence-electron chi connectivity index (χ0n) is 16.4. The van der Waals surface area contributed by atoms with Gasteiger partial charge < -0.3 is 14.0 Å². The summed E-state index contributed by atoms with van der Waals surface area (Å²) in [5, 5.41) is 4.96. The van der Waals surface area contributed by atoms with Crippen LogP contribution in [0.5, 0.6) is 0 Å². The van der Waals surface area contributed by atoms with Crippen LogP contribution < -0.4 is 5.14 Å². The fourth-order valence-corrected chi connectivity index (χ4v) is 4.01. The first kappa shape index (κ1) is 23.1. The molecule has 0 fully saturated rings. The average Bonchev–Trinajstić information content (AvgIpc) is 2.93. The van der Waals surface area contributed by atoms with E-state index in [1.165, 1.54) is 12.1 Å². The quantitative estimate of drug-likeness (QED) is 0.362. The molecule has 1 heterocycles. The SMILES string of the molecule is COCCCn1c(C)cc(C(=O)COC(=O)c2ccc(Cl)c(S(N)(=O)=O)c2)c1C. The van der Waals surface area contributed by atoms with Crippen LogP contribution in [0, 0.1) is 13.8 Å². The predicted molar refractivity (Wildman–Crippen MR) is 108 cm³/mol. The summed E-state index contributed by atoms with van der Waals surface area (Å²) in [7, 11) is -2.47. The van der Waals surface area contributed by atoms with Gasteiger partial charge in [0, 0.05) is 37.2 Å². The number of primary sulfonamides is 1. The summed E-state index contributed by atoms with van der Waals surface area (Å²) in [4.78, 5) is 24.4. The molecule has 1 aromatic carbocycles. The number of halogens is 1.